The number of benzene rings is 1. The number of carbonyl (C=O) groups excluding carboxylic acids is 10. The number of nitrogens with one attached hydrogen (secondary N) is 2. The molecule has 3 aliphatic heterocycles. The van der Waals surface area contributed by atoms with Crippen molar-refractivity contribution in [2.24, 2.45) is 53.1 Å². The van der Waals surface area contributed by atoms with E-state index in [0.29, 0.717) is 49.8 Å². The number of amides is 7. The van der Waals surface area contributed by atoms with Gasteiger partial charge in [0.25, 0.3) is 11.8 Å². The minimum absolute atomic E-state index is 0.000375. The van der Waals surface area contributed by atoms with Crippen molar-refractivity contribution in [2.75, 3.05) is 67.8 Å². The molecular weight excluding hydrogens is 1100 g/mol. The van der Waals surface area contributed by atoms with E-state index < -0.39 is 77.8 Å². The molecule has 21 heteroatoms. The molecule has 4 aliphatic rings. The summed E-state index contributed by atoms with van der Waals surface area (Å²) in [7, 11) is 6.91. The molecule has 1 saturated carbocycles. The van der Waals surface area contributed by atoms with Gasteiger partial charge in [-0.25, -0.2) is 4.79 Å². The number of rotatable bonds is 39. The number of ketones is 4. The largest absolute Gasteiger partial charge is 0.396 e. The van der Waals surface area contributed by atoms with Crippen molar-refractivity contribution in [1.29, 1.82) is 0 Å². The van der Waals surface area contributed by atoms with Gasteiger partial charge in [-0.2, -0.15) is 0 Å². The van der Waals surface area contributed by atoms with Crippen molar-refractivity contribution in [1.82, 2.24) is 30.2 Å². The molecular formula is C65H101N7O14. The quantitative estimate of drug-likeness (QED) is 0.0496. The fraction of sp³-hybridized carbons (Fsp3) is 0.723. The zero-order valence-electron chi connectivity index (χ0n) is 53.1. The summed E-state index contributed by atoms with van der Waals surface area (Å²) in [6.07, 6.45) is 7.09. The Morgan fingerprint density at radius 3 is 2.14 bits per heavy atom. The van der Waals surface area contributed by atoms with Crippen LogP contribution in [0.25, 0.3) is 0 Å². The zero-order chi connectivity index (χ0) is 63.5. The molecule has 7 amide bonds. The number of urea groups is 1. The topological polar surface area (TPSA) is 282 Å². The number of aliphatic hydroxyl groups is 1. The van der Waals surface area contributed by atoms with Crippen LogP contribution in [0.1, 0.15) is 143 Å². The number of piperidine rings is 1. The fourth-order valence-electron chi connectivity index (χ4n) is 13.6. The number of aliphatic hydroxyl groups excluding tert-OH is 1. The molecule has 1 aliphatic carbocycles. The number of Topliss-reactive ketones (excluding diaryl/α,β-unsaturated/α-hetero) is 4. The smallest absolute Gasteiger partial charge is 0.312 e. The molecule has 1 aromatic rings. The van der Waals surface area contributed by atoms with Crippen LogP contribution in [-0.4, -0.2) is 194 Å². The molecule has 3 fully saturated rings. The number of nitrogens with zero attached hydrogens (tertiary/aromatic N) is 4. The van der Waals surface area contributed by atoms with Crippen LogP contribution in [0.15, 0.2) is 36.4 Å². The Hall–Kier alpha value is -5.74. The highest BCUT2D eigenvalue weighted by atomic mass is 16.5. The highest BCUT2D eigenvalue weighted by Crippen LogP contribution is 2.43. The number of primary amides is 1. The summed E-state index contributed by atoms with van der Waals surface area (Å²) in [5.74, 6) is -4.66. The molecule has 3 heterocycles. The van der Waals surface area contributed by atoms with E-state index in [1.807, 2.05) is 53.8 Å². The van der Waals surface area contributed by atoms with E-state index in [2.05, 4.69) is 22.5 Å². The lowest BCUT2D eigenvalue weighted by Crippen LogP contribution is -2.54. The molecule has 480 valence electrons. The molecule has 5 N–H and O–H groups in total. The molecule has 86 heavy (non-hydrogen) atoms. The Bertz CT molecular complexity index is 2520. The molecule has 0 spiro atoms. The van der Waals surface area contributed by atoms with Crippen LogP contribution in [-0.2, 0) is 70.2 Å². The molecule has 2 saturated heterocycles. The number of ether oxygens (including phenoxy) is 3. The van der Waals surface area contributed by atoms with E-state index >= 15 is 0 Å². The van der Waals surface area contributed by atoms with Crippen molar-refractivity contribution in [3.8, 4) is 0 Å². The second kappa shape index (κ2) is 34.1. The lowest BCUT2D eigenvalue weighted by Gasteiger charge is -2.41. The standard InChI is InChI=1S/C65H101N7O14/c1-12-41(6)60(70(9)64(82)50(40(4)5)36-55(77)61-46-20-21-47(34-46)69(61)8)56(84-10)37-59(80)71-26-15-19-52(71)62(85-11)42(7)53(75)33-45(38-73)31-43-16-13-17-44(30-43)32-54(76)51(18-14-25-67-65(66)83)68-63(81)49(39(2)3)35-48(74)24-28-86-29-27-72-57(78)22-23-58(72)79/h13,16-17,22-23,30,39-42,45-47,49-52,56,60-62,73H,12,14-15,18-21,24-29,31-38H2,1-11H3,(H,68,81)(H3,66,67,83)/t41-,42-,45+,46-,47-,49-,50-,51-,52-,56+,60-,61-,62+/m0/s1. The van der Waals surface area contributed by atoms with E-state index in [1.165, 1.54) is 12.2 Å². The van der Waals surface area contributed by atoms with Crippen LogP contribution in [0.5, 0.6) is 0 Å². The van der Waals surface area contributed by atoms with Crippen molar-refractivity contribution in [3.05, 3.63) is 47.5 Å². The van der Waals surface area contributed by atoms with Gasteiger partial charge in [0, 0.05) is 109 Å². The Morgan fingerprint density at radius 2 is 1.53 bits per heavy atom. The summed E-state index contributed by atoms with van der Waals surface area (Å²) < 4.78 is 17.7. The monoisotopic (exact) mass is 1200 g/mol. The van der Waals surface area contributed by atoms with E-state index in [0.717, 1.165) is 36.1 Å². The van der Waals surface area contributed by atoms with E-state index in [1.54, 1.807) is 50.1 Å². The van der Waals surface area contributed by atoms with Crippen LogP contribution in [0.2, 0.25) is 0 Å². The molecule has 1 aromatic carbocycles. The fourth-order valence-corrected chi connectivity index (χ4v) is 13.6. The minimum atomic E-state index is -0.971. The van der Waals surface area contributed by atoms with Crippen LogP contribution in [0.4, 0.5) is 4.79 Å². The number of methoxy groups -OCH3 is 2. The van der Waals surface area contributed by atoms with Gasteiger partial charge < -0.3 is 45.5 Å². The van der Waals surface area contributed by atoms with Crippen molar-refractivity contribution >= 4 is 58.7 Å². The Balaban J connectivity index is 1.18. The predicted molar refractivity (Wildman–Crippen MR) is 324 cm³/mol. The first-order valence-corrected chi connectivity index (χ1v) is 31.4. The second-order valence-electron chi connectivity index (χ2n) is 25.4. The maximum atomic E-state index is 14.6. The third-order valence-corrected chi connectivity index (χ3v) is 18.9. The van der Waals surface area contributed by atoms with Gasteiger partial charge in [-0.1, -0.05) is 79.2 Å². The number of fused-ring (bicyclic) bond motifs is 2. The van der Waals surface area contributed by atoms with Crippen molar-refractivity contribution in [3.63, 3.8) is 0 Å². The molecule has 0 unspecified atom stereocenters. The maximum Gasteiger partial charge on any atom is 0.312 e. The number of imide groups is 1. The van der Waals surface area contributed by atoms with Gasteiger partial charge in [-0.15, -0.1) is 0 Å². The summed E-state index contributed by atoms with van der Waals surface area (Å²) in [5.41, 5.74) is 6.70. The lowest BCUT2D eigenvalue weighted by molar-refractivity contribution is -0.149. The number of nitrogens with two attached hydrogens (primary N) is 1. The summed E-state index contributed by atoms with van der Waals surface area (Å²) in [6.45, 7) is 13.9. The highest BCUT2D eigenvalue weighted by molar-refractivity contribution is 6.12. The predicted octanol–water partition coefficient (Wildman–Crippen LogP) is 5.04. The number of carbonyl (C=O) groups is 10. The summed E-state index contributed by atoms with van der Waals surface area (Å²) in [4.78, 5) is 140. The van der Waals surface area contributed by atoms with Crippen molar-refractivity contribution < 1.29 is 67.3 Å². The first kappa shape index (κ1) is 71.0. The Labute approximate surface area is 509 Å². The SMILES string of the molecule is CC[C@H](C)[C@@H]([C@@H](CC(=O)N1CCC[C@H]1[C@H](OC)[C@@H](C)C(=O)C[C@H](CO)Cc1cccc(CC(=O)[C@H](CCCNC(N)=O)NC(=O)[C@@H](CC(=O)CCOCCN2C(=O)C=CC2=O)C(C)C)c1)OC)N(C)C(=O)[C@@H](CC(=O)[C@@H]1[C@H]2CC[C@@H](C2)N1C)C(C)C. The Kier molecular flexibility index (Phi) is 28.2. The molecule has 0 aromatic heterocycles. The summed E-state index contributed by atoms with van der Waals surface area (Å²) in [5, 5.41) is 16.1. The number of likely N-dealkylation sites (N-methyl/N-ethyl adjacent to an activating group) is 2. The summed E-state index contributed by atoms with van der Waals surface area (Å²) in [6, 6.07) is 4.97. The molecule has 0 radical (unpaired) electrons. The first-order valence-electron chi connectivity index (χ1n) is 31.4. The normalized spacial score (nSPS) is 21.7. The Morgan fingerprint density at radius 1 is 0.849 bits per heavy atom. The maximum absolute atomic E-state index is 14.6. The van der Waals surface area contributed by atoms with Crippen LogP contribution < -0.4 is 16.4 Å². The second-order valence-corrected chi connectivity index (χ2v) is 25.4. The van der Waals surface area contributed by atoms with Gasteiger partial charge in [-0.05, 0) is 99.1 Å². The van der Waals surface area contributed by atoms with E-state index in [-0.39, 0.29) is 137 Å². The molecule has 5 rings (SSSR count). The van der Waals surface area contributed by atoms with E-state index in [9.17, 15) is 53.1 Å². The molecule has 2 bridgehead atoms. The van der Waals surface area contributed by atoms with Gasteiger partial charge in [0.05, 0.1) is 62.6 Å². The van der Waals surface area contributed by atoms with Gasteiger partial charge in [-0.3, -0.25) is 53.0 Å². The summed E-state index contributed by atoms with van der Waals surface area (Å²) >= 11 is 0. The zero-order valence-corrected chi connectivity index (χ0v) is 53.1. The number of hydrogen-bond acceptors (Lipinski definition) is 15. The number of likely N-dealkylation sites (tertiary alicyclic amines) is 2. The van der Waals surface area contributed by atoms with Gasteiger partial charge in [0.2, 0.25) is 17.7 Å². The minimum Gasteiger partial charge on any atom is -0.396 e. The number of hydrogen-bond donors (Lipinski definition) is 4. The van der Waals surface area contributed by atoms with Crippen LogP contribution >= 0.6 is 0 Å². The average Bonchev–Trinajstić information content (AvgIpc) is 2.48. The molecule has 13 atom stereocenters. The van der Waals surface area contributed by atoms with Gasteiger partial charge in [0.1, 0.15) is 11.6 Å². The highest BCUT2D eigenvalue weighted by Gasteiger charge is 2.49. The van der Waals surface area contributed by atoms with Gasteiger partial charge in [0.15, 0.2) is 11.6 Å². The van der Waals surface area contributed by atoms with Crippen LogP contribution in [0, 0.1) is 47.3 Å². The first-order chi connectivity index (χ1) is 40.8. The third-order valence-electron chi connectivity index (χ3n) is 18.9. The van der Waals surface area contributed by atoms with Crippen molar-refractivity contribution in [2.45, 2.75) is 187 Å². The van der Waals surface area contributed by atoms with Gasteiger partial charge >= 0.3 is 6.03 Å². The van der Waals surface area contributed by atoms with E-state index in [4.69, 9.17) is 19.9 Å². The molecule has 21 nitrogen and oxygen atoms in total. The van der Waals surface area contributed by atoms with Crippen LogP contribution in [0.3, 0.4) is 0 Å². The average molecular weight is 1200 g/mol. The third kappa shape index (κ3) is 19.4. The lowest BCUT2D eigenvalue weighted by atomic mass is 9.83.